The number of carbonyl (C=O) groups is 1. The van der Waals surface area contributed by atoms with Gasteiger partial charge in [0.05, 0.1) is 25.1 Å². The third-order valence-electron chi connectivity index (χ3n) is 5.48. The quantitative estimate of drug-likeness (QED) is 0.644. The number of rotatable bonds is 8. The number of carbonyl (C=O) groups excluding carboxylic acids is 1. The zero-order chi connectivity index (χ0) is 23.5. The maximum Gasteiger partial charge on any atom is 0.232 e. The fourth-order valence-electron chi connectivity index (χ4n) is 3.99. The van der Waals surface area contributed by atoms with Gasteiger partial charge in [-0.25, -0.2) is 8.42 Å². The molecule has 8 heteroatoms. The Hall–Kier alpha value is -2.74. The number of fused-ring (bicyclic) bond motifs is 1. The van der Waals surface area contributed by atoms with Gasteiger partial charge in [0.25, 0.3) is 0 Å². The number of hydrogen-bond acceptors (Lipinski definition) is 5. The minimum absolute atomic E-state index is 0.108. The highest BCUT2D eigenvalue weighted by Crippen LogP contribution is 2.39. The lowest BCUT2D eigenvalue weighted by atomic mass is 9.89. The van der Waals surface area contributed by atoms with Crippen LogP contribution in [0.15, 0.2) is 42.5 Å². The Balaban J connectivity index is 1.64. The minimum Gasteiger partial charge on any atom is -0.497 e. The molecule has 0 saturated carbocycles. The summed E-state index contributed by atoms with van der Waals surface area (Å²) >= 11 is 0. The second kappa shape index (κ2) is 9.40. The van der Waals surface area contributed by atoms with Crippen LogP contribution in [0, 0.1) is 6.92 Å². The monoisotopic (exact) mass is 460 g/mol. The van der Waals surface area contributed by atoms with Crippen LogP contribution in [0.3, 0.4) is 0 Å². The maximum atomic E-state index is 12.7. The second-order valence-corrected chi connectivity index (χ2v) is 10.8. The van der Waals surface area contributed by atoms with Crippen LogP contribution in [-0.2, 0) is 14.8 Å². The van der Waals surface area contributed by atoms with Crippen molar-refractivity contribution >= 4 is 21.6 Å². The molecule has 0 saturated heterocycles. The molecule has 0 fully saturated rings. The molecule has 0 aliphatic carbocycles. The topological polar surface area (TPSA) is 84.9 Å². The number of hydrogen-bond donors (Lipinski definition) is 1. The van der Waals surface area contributed by atoms with Crippen molar-refractivity contribution in [1.82, 2.24) is 5.32 Å². The van der Waals surface area contributed by atoms with Gasteiger partial charge in [0.1, 0.15) is 17.1 Å². The number of amides is 1. The van der Waals surface area contributed by atoms with E-state index in [0.29, 0.717) is 24.3 Å². The van der Waals surface area contributed by atoms with E-state index in [9.17, 15) is 13.2 Å². The Bertz CT molecular complexity index is 1060. The molecular weight excluding hydrogens is 428 g/mol. The number of ether oxygens (including phenoxy) is 2. The van der Waals surface area contributed by atoms with Crippen LogP contribution in [0.25, 0.3) is 0 Å². The maximum absolute atomic E-state index is 12.7. The summed E-state index contributed by atoms with van der Waals surface area (Å²) in [5.74, 6) is 1.33. The number of sulfonamides is 1. The van der Waals surface area contributed by atoms with Crippen molar-refractivity contribution in [2.24, 2.45) is 0 Å². The van der Waals surface area contributed by atoms with Crippen LogP contribution in [0.4, 0.5) is 5.69 Å². The van der Waals surface area contributed by atoms with E-state index in [-0.39, 0.29) is 30.5 Å². The van der Waals surface area contributed by atoms with Crippen LogP contribution >= 0.6 is 0 Å². The number of aryl methyl sites for hydroxylation is 1. The van der Waals surface area contributed by atoms with Crippen molar-refractivity contribution in [3.05, 3.63) is 53.6 Å². The summed E-state index contributed by atoms with van der Waals surface area (Å²) in [5.41, 5.74) is 2.24. The van der Waals surface area contributed by atoms with E-state index in [0.717, 1.165) is 16.9 Å². The number of anilines is 1. The van der Waals surface area contributed by atoms with Crippen LogP contribution in [0.5, 0.6) is 11.5 Å². The largest absolute Gasteiger partial charge is 0.497 e. The normalized spacial score (nSPS) is 17.1. The molecule has 0 unspecified atom stereocenters. The Kier molecular flexibility index (Phi) is 7.03. The molecule has 2 aromatic carbocycles. The fraction of sp³-hybridized carbons (Fsp3) is 0.458. The van der Waals surface area contributed by atoms with Crippen LogP contribution in [0.2, 0.25) is 0 Å². The van der Waals surface area contributed by atoms with Gasteiger partial charge in [-0.3, -0.25) is 9.10 Å². The molecule has 2 aromatic rings. The first kappa shape index (κ1) is 23.9. The molecule has 1 aliphatic rings. The molecule has 32 heavy (non-hydrogen) atoms. The lowest BCUT2D eigenvalue weighted by Crippen LogP contribution is -2.41. The fourth-order valence-corrected chi connectivity index (χ4v) is 4.95. The average Bonchev–Trinajstić information content (AvgIpc) is 2.70. The highest BCUT2D eigenvalue weighted by Gasteiger charge is 2.34. The van der Waals surface area contributed by atoms with Crippen molar-refractivity contribution in [2.75, 3.05) is 24.2 Å². The number of benzene rings is 2. The van der Waals surface area contributed by atoms with Crippen molar-refractivity contribution in [3.63, 3.8) is 0 Å². The van der Waals surface area contributed by atoms with E-state index in [1.807, 2.05) is 39.0 Å². The Morgan fingerprint density at radius 3 is 2.53 bits per heavy atom. The molecule has 0 bridgehead atoms. The van der Waals surface area contributed by atoms with E-state index in [4.69, 9.17) is 9.47 Å². The van der Waals surface area contributed by atoms with Gasteiger partial charge in [0.2, 0.25) is 15.9 Å². The van der Waals surface area contributed by atoms with Crippen molar-refractivity contribution < 1.29 is 22.7 Å². The van der Waals surface area contributed by atoms with Crippen molar-refractivity contribution in [1.29, 1.82) is 0 Å². The summed E-state index contributed by atoms with van der Waals surface area (Å²) < 4.78 is 37.1. The number of nitrogens with zero attached hydrogens (tertiary/aromatic N) is 1. The van der Waals surface area contributed by atoms with Crippen molar-refractivity contribution in [3.8, 4) is 11.5 Å². The van der Waals surface area contributed by atoms with Crippen LogP contribution < -0.4 is 19.1 Å². The minimum atomic E-state index is -3.48. The molecule has 7 nitrogen and oxygen atoms in total. The Labute approximate surface area is 190 Å². The lowest BCUT2D eigenvalue weighted by Gasteiger charge is -2.38. The lowest BCUT2D eigenvalue weighted by molar-refractivity contribution is -0.122. The van der Waals surface area contributed by atoms with Gasteiger partial charge in [-0.15, -0.1) is 0 Å². The summed E-state index contributed by atoms with van der Waals surface area (Å²) in [6.45, 7) is 6.24. The molecule has 1 heterocycles. The predicted octanol–water partition coefficient (Wildman–Crippen LogP) is 3.97. The highest BCUT2D eigenvalue weighted by atomic mass is 32.2. The zero-order valence-electron chi connectivity index (χ0n) is 19.3. The van der Waals surface area contributed by atoms with E-state index in [1.54, 1.807) is 31.4 Å². The summed E-state index contributed by atoms with van der Waals surface area (Å²) in [4.78, 5) is 12.7. The van der Waals surface area contributed by atoms with Gasteiger partial charge >= 0.3 is 0 Å². The van der Waals surface area contributed by atoms with Crippen LogP contribution in [-0.4, -0.2) is 39.8 Å². The highest BCUT2D eigenvalue weighted by molar-refractivity contribution is 7.92. The molecule has 174 valence electrons. The molecular formula is C24H32N2O5S. The van der Waals surface area contributed by atoms with E-state index in [1.165, 1.54) is 10.6 Å². The smallest absolute Gasteiger partial charge is 0.232 e. The molecule has 3 rings (SSSR count). The van der Waals surface area contributed by atoms with Gasteiger partial charge < -0.3 is 14.8 Å². The van der Waals surface area contributed by atoms with E-state index < -0.39 is 10.0 Å². The average molecular weight is 461 g/mol. The summed E-state index contributed by atoms with van der Waals surface area (Å²) in [6, 6.07) is 12.7. The van der Waals surface area contributed by atoms with Gasteiger partial charge in [-0.2, -0.15) is 0 Å². The third kappa shape index (κ3) is 5.94. The zero-order valence-corrected chi connectivity index (χ0v) is 20.2. The summed E-state index contributed by atoms with van der Waals surface area (Å²) in [5, 5.41) is 3.12. The number of nitrogens with one attached hydrogen (secondary N) is 1. The van der Waals surface area contributed by atoms with Gasteiger partial charge in [0.15, 0.2) is 0 Å². The SMILES string of the molecule is COc1ccc(N(CCCC(=O)N[C@H]2CC(C)(C)Oc3ccc(C)cc32)S(C)(=O)=O)cc1. The Morgan fingerprint density at radius 2 is 1.91 bits per heavy atom. The third-order valence-corrected chi connectivity index (χ3v) is 6.68. The predicted molar refractivity (Wildman–Crippen MR) is 126 cm³/mol. The summed E-state index contributed by atoms with van der Waals surface area (Å²) in [6.07, 6.45) is 2.45. The first-order valence-electron chi connectivity index (χ1n) is 10.7. The number of methoxy groups -OCH3 is 1. The van der Waals surface area contributed by atoms with E-state index >= 15 is 0 Å². The molecule has 1 aliphatic heterocycles. The molecule has 1 N–H and O–H groups in total. The van der Waals surface area contributed by atoms with Gasteiger partial charge in [0, 0.05) is 24.9 Å². The van der Waals surface area contributed by atoms with E-state index in [2.05, 4.69) is 5.32 Å². The molecule has 0 radical (unpaired) electrons. The Morgan fingerprint density at radius 1 is 1.22 bits per heavy atom. The molecule has 0 aromatic heterocycles. The molecule has 0 spiro atoms. The molecule has 1 amide bonds. The standard InChI is InChI=1S/C24H32N2O5S/c1-17-8-13-22-20(15-17)21(16-24(2,3)31-22)25-23(27)7-6-14-26(32(5,28)29)18-9-11-19(30-4)12-10-18/h8-13,15,21H,6-7,14,16H2,1-5H3,(H,25,27)/t21-/m0/s1. The molecule has 1 atom stereocenters. The first-order chi connectivity index (χ1) is 15.0. The van der Waals surface area contributed by atoms with Gasteiger partial charge in [-0.05, 0) is 57.5 Å². The first-order valence-corrected chi connectivity index (χ1v) is 12.5. The second-order valence-electron chi connectivity index (χ2n) is 8.86. The van der Waals surface area contributed by atoms with Crippen LogP contribution in [0.1, 0.15) is 50.3 Å². The summed E-state index contributed by atoms with van der Waals surface area (Å²) in [7, 11) is -1.92. The van der Waals surface area contributed by atoms with Gasteiger partial charge in [-0.1, -0.05) is 17.7 Å². The van der Waals surface area contributed by atoms with Crippen molar-refractivity contribution in [2.45, 2.75) is 51.7 Å².